The normalized spacial score (nSPS) is 16.5. The second-order valence-corrected chi connectivity index (χ2v) is 10.6. The summed E-state index contributed by atoms with van der Waals surface area (Å²) in [7, 11) is -3.46. The van der Waals surface area contributed by atoms with Crippen LogP contribution in [0.1, 0.15) is 23.7 Å². The van der Waals surface area contributed by atoms with Crippen LogP contribution in [-0.4, -0.2) is 70.6 Å². The average molecular weight is 554 g/mol. The minimum absolute atomic E-state index is 0.00219. The van der Waals surface area contributed by atoms with Gasteiger partial charge in [0, 0.05) is 32.7 Å². The van der Waals surface area contributed by atoms with E-state index in [-0.39, 0.29) is 45.3 Å². The Labute approximate surface area is 218 Å². The van der Waals surface area contributed by atoms with Crippen molar-refractivity contribution in [1.82, 2.24) is 19.9 Å². The lowest BCUT2D eigenvalue weighted by Gasteiger charge is -2.28. The van der Waals surface area contributed by atoms with Crippen molar-refractivity contribution >= 4 is 28.1 Å². The Kier molecular flexibility index (Phi) is 9.58. The van der Waals surface area contributed by atoms with Gasteiger partial charge in [0.05, 0.1) is 29.5 Å². The van der Waals surface area contributed by atoms with E-state index < -0.39 is 28.7 Å². The van der Waals surface area contributed by atoms with E-state index in [1.807, 2.05) is 11.0 Å². The number of nitriles is 1. The third-order valence-electron chi connectivity index (χ3n) is 5.72. The lowest BCUT2D eigenvalue weighted by molar-refractivity contribution is -0.320. The van der Waals surface area contributed by atoms with E-state index in [9.17, 15) is 32.0 Å². The number of nitrogens with zero attached hydrogens (tertiary/aromatic N) is 4. The quantitative estimate of drug-likeness (QED) is 0.380. The number of rotatable bonds is 10. The van der Waals surface area contributed by atoms with E-state index in [0.29, 0.717) is 26.2 Å². The number of ether oxygens (including phenoxy) is 1. The fourth-order valence-electron chi connectivity index (χ4n) is 3.78. The first-order valence-corrected chi connectivity index (χ1v) is 13.3. The van der Waals surface area contributed by atoms with Gasteiger partial charge in [0.1, 0.15) is 17.8 Å². The molecule has 1 aliphatic rings. The van der Waals surface area contributed by atoms with Crippen LogP contribution in [0, 0.1) is 11.3 Å². The molecule has 0 spiro atoms. The van der Waals surface area contributed by atoms with E-state index in [1.54, 1.807) is 0 Å². The summed E-state index contributed by atoms with van der Waals surface area (Å²) in [4.78, 5) is 19.4. The van der Waals surface area contributed by atoms with Gasteiger partial charge in [-0.3, -0.25) is 19.9 Å². The summed E-state index contributed by atoms with van der Waals surface area (Å²) in [5.74, 6) is -0.0990. The Morgan fingerprint density at radius 3 is 2.71 bits per heavy atom. The second kappa shape index (κ2) is 12.5. The first kappa shape index (κ1) is 29.2. The lowest BCUT2D eigenvalue weighted by Crippen LogP contribution is -2.44. The number of nitrogens with one attached hydrogen (secondary N) is 2. The molecule has 1 unspecified atom stereocenters. The van der Waals surface area contributed by atoms with E-state index >= 15 is 0 Å². The molecule has 3 N–H and O–H groups in total. The fourth-order valence-corrected chi connectivity index (χ4v) is 4.82. The monoisotopic (exact) mass is 553 g/mol. The summed E-state index contributed by atoms with van der Waals surface area (Å²) in [5, 5.41) is 12.4. The Bertz CT molecular complexity index is 1350. The first-order valence-electron chi connectivity index (χ1n) is 11.6. The molecule has 1 aromatic carbocycles. The molecule has 1 fully saturated rings. The van der Waals surface area contributed by atoms with Crippen molar-refractivity contribution in [3.63, 3.8) is 0 Å². The van der Waals surface area contributed by atoms with Crippen LogP contribution >= 0.6 is 0 Å². The maximum Gasteiger partial charge on any atom is 0.522 e. The molecule has 3 rings (SSSR count). The molecule has 1 atom stereocenters. The molecule has 1 aromatic heterocycles. The predicted molar refractivity (Wildman–Crippen MR) is 138 cm³/mol. The van der Waals surface area contributed by atoms with E-state index in [0.717, 1.165) is 11.0 Å². The third-order valence-corrected chi connectivity index (χ3v) is 7.55. The van der Waals surface area contributed by atoms with Crippen LogP contribution < -0.4 is 16.3 Å². The highest BCUT2D eigenvalue weighted by Gasteiger charge is 2.31. The zero-order valence-electron chi connectivity index (χ0n) is 20.6. The highest BCUT2D eigenvalue weighted by Crippen LogP contribution is 2.27. The summed E-state index contributed by atoms with van der Waals surface area (Å²) in [6.07, 6.45) is -1.14. The van der Waals surface area contributed by atoms with Gasteiger partial charge < -0.3 is 5.32 Å². The van der Waals surface area contributed by atoms with Crippen molar-refractivity contribution in [3.8, 4) is 6.07 Å². The molecule has 0 amide bonds. The molecule has 10 nitrogen and oxygen atoms in total. The van der Waals surface area contributed by atoms with Gasteiger partial charge in [-0.1, -0.05) is 16.9 Å². The predicted octanol–water partition coefficient (Wildman–Crippen LogP) is 2.81. The van der Waals surface area contributed by atoms with Crippen LogP contribution in [0.25, 0.3) is 12.2 Å². The number of piperazine rings is 1. The Balaban J connectivity index is 2.00. The van der Waals surface area contributed by atoms with Crippen LogP contribution in [0.15, 0.2) is 46.4 Å². The molecular weight excluding hydrogens is 525 g/mol. The Morgan fingerprint density at radius 2 is 2.11 bits per heavy atom. The van der Waals surface area contributed by atoms with Crippen molar-refractivity contribution in [1.29, 1.82) is 5.26 Å². The van der Waals surface area contributed by atoms with Gasteiger partial charge in [-0.15, -0.1) is 13.2 Å². The van der Waals surface area contributed by atoms with Gasteiger partial charge in [0.25, 0.3) is 5.56 Å². The van der Waals surface area contributed by atoms with E-state index in [2.05, 4.69) is 27.0 Å². The van der Waals surface area contributed by atoms with Crippen molar-refractivity contribution in [3.05, 3.63) is 63.9 Å². The van der Waals surface area contributed by atoms with Gasteiger partial charge in [-0.25, -0.2) is 9.66 Å². The third kappa shape index (κ3) is 7.59. The molecular formula is C24H28F3N6O4S+. The Morgan fingerprint density at radius 1 is 1.39 bits per heavy atom. The molecule has 0 aliphatic carbocycles. The van der Waals surface area contributed by atoms with Crippen molar-refractivity contribution in [2.45, 2.75) is 18.2 Å². The minimum atomic E-state index is -4.83. The second-order valence-electron chi connectivity index (χ2n) is 8.35. The summed E-state index contributed by atoms with van der Waals surface area (Å²) in [6.45, 7) is 7.26. The molecule has 14 heteroatoms. The van der Waals surface area contributed by atoms with Crippen LogP contribution in [0.3, 0.4) is 0 Å². The van der Waals surface area contributed by atoms with Crippen LogP contribution in [0.2, 0.25) is 0 Å². The van der Waals surface area contributed by atoms with Gasteiger partial charge in [-0.2, -0.15) is 9.81 Å². The zero-order valence-corrected chi connectivity index (χ0v) is 21.4. The average Bonchev–Trinajstić information content (AvgIpc) is 2.89. The number of benzene rings is 1. The largest absolute Gasteiger partial charge is 0.522 e. The van der Waals surface area contributed by atoms with Gasteiger partial charge in [0.15, 0.2) is 0 Å². The number of hydrogen-bond acceptors (Lipinski definition) is 8. The van der Waals surface area contributed by atoms with Crippen LogP contribution in [0.4, 0.5) is 18.9 Å². The van der Waals surface area contributed by atoms with E-state index in [4.69, 9.17) is 0 Å². The molecule has 2 heterocycles. The van der Waals surface area contributed by atoms with Crippen LogP contribution in [0.5, 0.6) is 0 Å². The summed E-state index contributed by atoms with van der Waals surface area (Å²) >= 11 is 0. The van der Waals surface area contributed by atoms with Gasteiger partial charge in [-0.05, 0) is 36.8 Å². The summed E-state index contributed by atoms with van der Waals surface area (Å²) < 4.78 is 66.3. The van der Waals surface area contributed by atoms with Crippen molar-refractivity contribution in [2.75, 3.05) is 50.5 Å². The molecule has 1 aliphatic heterocycles. The summed E-state index contributed by atoms with van der Waals surface area (Å²) in [6, 6.07) is 5.98. The molecule has 0 saturated carbocycles. The molecule has 2 aromatic rings. The molecule has 38 heavy (non-hydrogen) atoms. The standard InChI is InChI=1S/C24H27F3N6O4S/c1-3-19-20(12-18(15-37-24(25,26)27)14-32-9-7-29-8-10-32)30-16-33(23(19)34)31-21-11-17(13-28)5-6-22(21)38(35,36)4-2/h3,5-6,11-12,16,29H,1,4,7-10,14-15H2,2H3,(H-,31,35,36)/p+1/b18-12-. The molecule has 0 bridgehead atoms. The highest BCUT2D eigenvalue weighted by atomic mass is 32.3. The fraction of sp³-hybridized carbons (Fsp3) is 0.375. The minimum Gasteiger partial charge on any atom is -0.314 e. The van der Waals surface area contributed by atoms with Gasteiger partial charge >= 0.3 is 6.36 Å². The maximum absolute atomic E-state index is 13.2. The lowest BCUT2D eigenvalue weighted by atomic mass is 10.1. The first-order chi connectivity index (χ1) is 18.0. The van der Waals surface area contributed by atoms with Gasteiger partial charge in [0.2, 0.25) is 15.1 Å². The molecule has 204 valence electrons. The maximum atomic E-state index is 13.2. The number of aromatic nitrogens is 2. The smallest absolute Gasteiger partial charge is 0.314 e. The number of alkyl halides is 3. The number of hydrogen-bond donors (Lipinski definition) is 3. The zero-order chi connectivity index (χ0) is 27.9. The SMILES string of the molecule is C=Cc1c(/C=C(\COC(F)(F)F)CN2CCNCC2)ncn(Nc2cc(C#N)ccc2[S+](=O)(O)CC)c1=O. The van der Waals surface area contributed by atoms with E-state index in [1.165, 1.54) is 37.3 Å². The topological polar surface area (TPSA) is 133 Å². The van der Waals surface area contributed by atoms with Crippen molar-refractivity contribution < 1.29 is 26.7 Å². The summed E-state index contributed by atoms with van der Waals surface area (Å²) in [5.41, 5.74) is 2.64. The highest BCUT2D eigenvalue weighted by molar-refractivity contribution is 7.97. The number of halogens is 3. The molecule has 1 saturated heterocycles. The number of anilines is 1. The van der Waals surface area contributed by atoms with Crippen molar-refractivity contribution in [2.24, 2.45) is 0 Å². The molecule has 0 radical (unpaired) electrons. The Hall–Kier alpha value is -3.35. The van der Waals surface area contributed by atoms with Crippen LogP contribution in [-0.2, 0) is 19.2 Å².